The Morgan fingerprint density at radius 3 is 2.71 bits per heavy atom. The summed E-state index contributed by atoms with van der Waals surface area (Å²) in [5.41, 5.74) is 3.31. The van der Waals surface area contributed by atoms with Crippen LogP contribution < -0.4 is 0 Å². The van der Waals surface area contributed by atoms with Crippen molar-refractivity contribution >= 4 is 23.4 Å². The van der Waals surface area contributed by atoms with E-state index in [1.807, 2.05) is 11.7 Å². The van der Waals surface area contributed by atoms with Crippen LogP contribution in [0.4, 0.5) is 0 Å². The van der Waals surface area contributed by atoms with Crippen LogP contribution in [0.5, 0.6) is 0 Å². The third-order valence-corrected chi connectivity index (χ3v) is 3.67. The number of H-pyrrole nitrogens is 1. The molecule has 1 atom stereocenters. The van der Waals surface area contributed by atoms with Gasteiger partial charge >= 0.3 is 0 Å². The maximum Gasteiger partial charge on any atom is 0.179 e. The molecule has 2 rings (SSSR count). The van der Waals surface area contributed by atoms with E-state index in [-0.39, 0.29) is 0 Å². The highest BCUT2D eigenvalue weighted by atomic mass is 32.1. The minimum atomic E-state index is 0.626. The van der Waals surface area contributed by atoms with E-state index < -0.39 is 0 Å². The van der Waals surface area contributed by atoms with E-state index in [0.29, 0.717) is 5.92 Å². The van der Waals surface area contributed by atoms with E-state index in [4.69, 9.17) is 12.2 Å². The zero-order chi connectivity index (χ0) is 12.6. The normalized spacial score (nSPS) is 13.4. The second kappa shape index (κ2) is 4.64. The number of hydrogen-bond acceptors (Lipinski definition) is 2. The molecule has 0 aliphatic rings. The van der Waals surface area contributed by atoms with Crippen molar-refractivity contribution in [2.75, 3.05) is 0 Å². The zero-order valence-electron chi connectivity index (χ0n) is 10.9. The molecule has 0 amide bonds. The Kier molecular flexibility index (Phi) is 3.38. The molecule has 94 valence electrons. The van der Waals surface area contributed by atoms with Gasteiger partial charge in [-0.25, -0.2) is 0 Å². The lowest BCUT2D eigenvalue weighted by Gasteiger charge is -2.10. The van der Waals surface area contributed by atoms with Crippen molar-refractivity contribution in [3.05, 3.63) is 10.5 Å². The van der Waals surface area contributed by atoms with Crippen LogP contribution in [0.1, 0.15) is 32.9 Å². The lowest BCUT2D eigenvalue weighted by atomic mass is 10.1. The van der Waals surface area contributed by atoms with Gasteiger partial charge in [0.25, 0.3) is 0 Å². The van der Waals surface area contributed by atoms with Crippen molar-refractivity contribution in [1.82, 2.24) is 19.3 Å². The molecule has 2 aromatic rings. The van der Waals surface area contributed by atoms with Gasteiger partial charge in [-0.3, -0.25) is 4.68 Å². The van der Waals surface area contributed by atoms with E-state index in [2.05, 4.69) is 35.4 Å². The molecule has 2 heterocycles. The van der Waals surface area contributed by atoms with Gasteiger partial charge in [0.15, 0.2) is 10.4 Å². The number of hydrogen-bond donors (Lipinski definition) is 1. The molecule has 0 aromatic carbocycles. The number of nitrogens with one attached hydrogen (secondary N) is 1. The van der Waals surface area contributed by atoms with Gasteiger partial charge in [-0.15, -0.1) is 0 Å². The second-order valence-corrected chi connectivity index (χ2v) is 5.06. The Labute approximate surface area is 107 Å². The number of nitrogens with zero attached hydrogens (tertiary/aromatic N) is 3. The molecule has 0 saturated carbocycles. The Morgan fingerprint density at radius 2 is 2.12 bits per heavy atom. The van der Waals surface area contributed by atoms with Crippen molar-refractivity contribution in [2.24, 2.45) is 13.0 Å². The number of fused-ring (bicyclic) bond motifs is 1. The number of imidazole rings is 1. The van der Waals surface area contributed by atoms with Crippen LogP contribution in [0.15, 0.2) is 0 Å². The average Bonchev–Trinajstić information content (AvgIpc) is 2.78. The molecule has 0 saturated heterocycles. The molecule has 0 spiro atoms. The lowest BCUT2D eigenvalue weighted by Crippen LogP contribution is -2.09. The van der Waals surface area contributed by atoms with Gasteiger partial charge in [-0.2, -0.15) is 5.10 Å². The molecular weight excluding hydrogens is 232 g/mol. The van der Waals surface area contributed by atoms with Gasteiger partial charge in [0, 0.05) is 13.6 Å². The Morgan fingerprint density at radius 1 is 1.41 bits per heavy atom. The molecule has 0 aliphatic carbocycles. The van der Waals surface area contributed by atoms with Crippen LogP contribution >= 0.6 is 12.2 Å². The van der Waals surface area contributed by atoms with Gasteiger partial charge in [0.1, 0.15) is 5.52 Å². The van der Waals surface area contributed by atoms with Crippen molar-refractivity contribution in [3.8, 4) is 0 Å². The summed E-state index contributed by atoms with van der Waals surface area (Å²) >= 11 is 5.41. The van der Waals surface area contributed by atoms with E-state index in [1.54, 1.807) is 0 Å². The number of aromatic amines is 1. The Bertz CT molecular complexity index is 575. The molecule has 1 unspecified atom stereocenters. The van der Waals surface area contributed by atoms with Crippen molar-refractivity contribution in [1.29, 1.82) is 0 Å². The van der Waals surface area contributed by atoms with E-state index >= 15 is 0 Å². The first-order valence-electron chi connectivity index (χ1n) is 6.22. The molecule has 0 aliphatic heterocycles. The maximum absolute atomic E-state index is 5.41. The van der Waals surface area contributed by atoms with Crippen LogP contribution in [0.3, 0.4) is 0 Å². The van der Waals surface area contributed by atoms with Crippen molar-refractivity contribution < 1.29 is 0 Å². The van der Waals surface area contributed by atoms with Gasteiger partial charge in [0.2, 0.25) is 0 Å². The fourth-order valence-electron chi connectivity index (χ4n) is 2.14. The first kappa shape index (κ1) is 12.4. The first-order valence-corrected chi connectivity index (χ1v) is 6.63. The van der Waals surface area contributed by atoms with Crippen LogP contribution in [-0.2, 0) is 20.0 Å². The summed E-state index contributed by atoms with van der Waals surface area (Å²) in [4.78, 5) is 3.29. The molecule has 4 nitrogen and oxygen atoms in total. The van der Waals surface area contributed by atoms with Gasteiger partial charge < -0.3 is 9.55 Å². The summed E-state index contributed by atoms with van der Waals surface area (Å²) in [6.45, 7) is 7.53. The third kappa shape index (κ3) is 2.04. The predicted octanol–water partition coefficient (Wildman–Crippen LogP) is 3.04. The molecule has 1 N–H and O–H groups in total. The fourth-order valence-corrected chi connectivity index (χ4v) is 2.40. The Balaban J connectivity index is 2.58. The highest BCUT2D eigenvalue weighted by Crippen LogP contribution is 2.19. The molecule has 2 aromatic heterocycles. The fraction of sp³-hybridized carbons (Fsp3) is 0.667. The monoisotopic (exact) mass is 252 g/mol. The topological polar surface area (TPSA) is 38.5 Å². The largest absolute Gasteiger partial charge is 0.328 e. The van der Waals surface area contributed by atoms with Crippen molar-refractivity contribution in [3.63, 3.8) is 0 Å². The summed E-state index contributed by atoms with van der Waals surface area (Å²) in [5.74, 6) is 0.626. The predicted molar refractivity (Wildman–Crippen MR) is 72.7 cm³/mol. The highest BCUT2D eigenvalue weighted by Gasteiger charge is 2.15. The number of rotatable bonds is 4. The highest BCUT2D eigenvalue weighted by molar-refractivity contribution is 7.71. The van der Waals surface area contributed by atoms with Gasteiger partial charge in [0.05, 0.1) is 5.69 Å². The van der Waals surface area contributed by atoms with E-state index in [9.17, 15) is 0 Å². The minimum absolute atomic E-state index is 0.626. The summed E-state index contributed by atoms with van der Waals surface area (Å²) in [6.07, 6.45) is 2.09. The number of aryl methyl sites for hydroxylation is 2. The van der Waals surface area contributed by atoms with Gasteiger partial charge in [-0.05, 0) is 24.6 Å². The second-order valence-electron chi connectivity index (χ2n) is 4.68. The zero-order valence-corrected chi connectivity index (χ0v) is 11.8. The molecule has 0 bridgehead atoms. The van der Waals surface area contributed by atoms with Crippen molar-refractivity contribution in [2.45, 2.75) is 40.2 Å². The molecule has 17 heavy (non-hydrogen) atoms. The average molecular weight is 252 g/mol. The molecule has 0 radical (unpaired) electrons. The van der Waals surface area contributed by atoms with Gasteiger partial charge in [-0.1, -0.05) is 27.2 Å². The van der Waals surface area contributed by atoms with Crippen LogP contribution in [-0.4, -0.2) is 19.3 Å². The minimum Gasteiger partial charge on any atom is -0.328 e. The quantitative estimate of drug-likeness (QED) is 0.849. The van der Waals surface area contributed by atoms with Crippen LogP contribution in [0.2, 0.25) is 0 Å². The summed E-state index contributed by atoms with van der Waals surface area (Å²) in [7, 11) is 1.98. The lowest BCUT2D eigenvalue weighted by molar-refractivity contribution is 0.467. The SMILES string of the molecule is CCc1nn(C)c2c1[nH]c(=S)n2CC(C)CC. The number of aromatic nitrogens is 4. The maximum atomic E-state index is 5.41. The summed E-state index contributed by atoms with van der Waals surface area (Å²) < 4.78 is 4.91. The molecule has 5 heteroatoms. The van der Waals surface area contributed by atoms with E-state index in [0.717, 1.165) is 41.0 Å². The van der Waals surface area contributed by atoms with Crippen LogP contribution in [0.25, 0.3) is 11.2 Å². The van der Waals surface area contributed by atoms with Crippen LogP contribution in [0, 0.1) is 10.7 Å². The summed E-state index contributed by atoms with van der Waals surface area (Å²) in [6, 6.07) is 0. The molecular formula is C12H20N4S. The standard InChI is InChI=1S/C12H20N4S/c1-5-8(3)7-16-11-10(13-12(16)17)9(6-2)14-15(11)4/h8H,5-7H2,1-4H3,(H,13,17). The first-order chi connectivity index (χ1) is 8.08. The third-order valence-electron chi connectivity index (χ3n) is 3.35. The van der Waals surface area contributed by atoms with E-state index in [1.165, 1.54) is 0 Å². The smallest absolute Gasteiger partial charge is 0.179 e. The molecule has 0 fully saturated rings. The summed E-state index contributed by atoms with van der Waals surface area (Å²) in [5, 5.41) is 4.52. The Hall–Kier alpha value is -1.10.